The van der Waals surface area contributed by atoms with E-state index >= 15 is 0 Å². The fourth-order valence-electron chi connectivity index (χ4n) is 2.13. The van der Waals surface area contributed by atoms with Crippen LogP contribution in [-0.4, -0.2) is 17.4 Å². The maximum absolute atomic E-state index is 13.0. The molecule has 0 saturated carbocycles. The van der Waals surface area contributed by atoms with E-state index in [1.807, 2.05) is 47.8 Å². The van der Waals surface area contributed by atoms with Gasteiger partial charge in [-0.15, -0.1) is 23.5 Å². The molecule has 0 spiro atoms. The number of thioether (sulfide) groups is 2. The van der Waals surface area contributed by atoms with Crippen molar-refractivity contribution >= 4 is 46.7 Å². The molecule has 0 unspecified atom stereocenters. The molecule has 1 N–H and O–H groups in total. The Morgan fingerprint density at radius 2 is 1.82 bits per heavy atom. The lowest BCUT2D eigenvalue weighted by molar-refractivity contribution is 0.102. The molecular formula is C16H13ClFNOS2. The third kappa shape index (κ3) is 3.59. The van der Waals surface area contributed by atoms with E-state index in [0.29, 0.717) is 15.8 Å². The van der Waals surface area contributed by atoms with E-state index in [1.165, 1.54) is 35.3 Å². The highest BCUT2D eigenvalue weighted by Crippen LogP contribution is 2.45. The van der Waals surface area contributed by atoms with Crippen LogP contribution in [0, 0.1) is 5.82 Å². The molecule has 0 atom stereocenters. The number of rotatable bonds is 3. The molecule has 0 aromatic heterocycles. The third-order valence-corrected chi connectivity index (χ3v) is 6.66. The molecule has 1 fully saturated rings. The van der Waals surface area contributed by atoms with Gasteiger partial charge in [-0.3, -0.25) is 4.79 Å². The normalized spacial score (nSPS) is 15.0. The smallest absolute Gasteiger partial charge is 0.255 e. The minimum Gasteiger partial charge on any atom is -0.321 e. The zero-order valence-electron chi connectivity index (χ0n) is 11.5. The predicted molar refractivity (Wildman–Crippen MR) is 93.5 cm³/mol. The van der Waals surface area contributed by atoms with Crippen molar-refractivity contribution in [2.24, 2.45) is 0 Å². The van der Waals surface area contributed by atoms with Gasteiger partial charge in [-0.05, 0) is 35.9 Å². The van der Waals surface area contributed by atoms with Gasteiger partial charge < -0.3 is 5.32 Å². The Kier molecular flexibility index (Phi) is 4.96. The molecule has 6 heteroatoms. The molecule has 0 bridgehead atoms. The van der Waals surface area contributed by atoms with Crippen molar-refractivity contribution in [1.29, 1.82) is 0 Å². The number of nitrogens with one attached hydrogen (secondary N) is 1. The highest BCUT2D eigenvalue weighted by Gasteiger charge is 2.18. The van der Waals surface area contributed by atoms with Crippen molar-refractivity contribution in [3.63, 3.8) is 0 Å². The molecule has 1 saturated heterocycles. The Morgan fingerprint density at radius 1 is 1.14 bits per heavy atom. The molecule has 2 aromatic rings. The zero-order chi connectivity index (χ0) is 15.5. The van der Waals surface area contributed by atoms with Crippen LogP contribution in [-0.2, 0) is 0 Å². The van der Waals surface area contributed by atoms with Crippen LogP contribution in [0.2, 0.25) is 5.02 Å². The molecule has 1 aliphatic heterocycles. The Morgan fingerprint density at radius 3 is 2.45 bits per heavy atom. The Balaban J connectivity index is 1.71. The van der Waals surface area contributed by atoms with Crippen molar-refractivity contribution in [3.8, 4) is 0 Å². The van der Waals surface area contributed by atoms with Gasteiger partial charge in [-0.1, -0.05) is 23.7 Å². The van der Waals surface area contributed by atoms with Crippen LogP contribution in [0.1, 0.15) is 20.5 Å². The van der Waals surface area contributed by atoms with Crippen LogP contribution in [0.25, 0.3) is 0 Å². The summed E-state index contributed by atoms with van der Waals surface area (Å²) in [6.07, 6.45) is 0. The number of halogens is 2. The van der Waals surface area contributed by atoms with Gasteiger partial charge in [0.05, 0.1) is 15.3 Å². The van der Waals surface area contributed by atoms with Gasteiger partial charge in [0.15, 0.2) is 0 Å². The van der Waals surface area contributed by atoms with E-state index in [0.717, 1.165) is 0 Å². The average Bonchev–Trinajstić information content (AvgIpc) is 3.04. The Bertz CT molecular complexity index is 687. The Labute approximate surface area is 141 Å². The van der Waals surface area contributed by atoms with Gasteiger partial charge in [-0.25, -0.2) is 4.39 Å². The molecular weight excluding hydrogens is 341 g/mol. The SMILES string of the molecule is O=C(Nc1ccc(F)cc1Cl)c1ccc(C2SCCS2)cc1. The molecule has 0 radical (unpaired) electrons. The first kappa shape index (κ1) is 15.7. The maximum Gasteiger partial charge on any atom is 0.255 e. The molecule has 114 valence electrons. The Hall–Kier alpha value is -1.17. The van der Waals surface area contributed by atoms with Crippen LogP contribution in [0.15, 0.2) is 42.5 Å². The maximum atomic E-state index is 13.0. The minimum atomic E-state index is -0.432. The van der Waals surface area contributed by atoms with Crippen molar-refractivity contribution in [2.75, 3.05) is 16.8 Å². The van der Waals surface area contributed by atoms with Crippen molar-refractivity contribution in [1.82, 2.24) is 0 Å². The summed E-state index contributed by atoms with van der Waals surface area (Å²) in [6, 6.07) is 11.5. The average molecular weight is 354 g/mol. The summed E-state index contributed by atoms with van der Waals surface area (Å²) in [7, 11) is 0. The summed E-state index contributed by atoms with van der Waals surface area (Å²) in [4.78, 5) is 12.2. The standard InChI is InChI=1S/C16H13ClFNOS2/c17-13-9-12(18)5-6-14(13)19-15(20)10-1-3-11(4-2-10)16-21-7-8-22-16/h1-6,9,16H,7-8H2,(H,19,20). The second-order valence-electron chi connectivity index (χ2n) is 4.77. The summed E-state index contributed by atoms with van der Waals surface area (Å²) in [5.41, 5.74) is 2.18. The zero-order valence-corrected chi connectivity index (χ0v) is 13.9. The summed E-state index contributed by atoms with van der Waals surface area (Å²) < 4.78 is 13.5. The van der Waals surface area contributed by atoms with Gasteiger partial charge in [0.25, 0.3) is 5.91 Å². The van der Waals surface area contributed by atoms with E-state index in [2.05, 4.69) is 5.32 Å². The van der Waals surface area contributed by atoms with Crippen LogP contribution in [0.5, 0.6) is 0 Å². The lowest BCUT2D eigenvalue weighted by atomic mass is 10.1. The number of carbonyl (C=O) groups is 1. The highest BCUT2D eigenvalue weighted by atomic mass is 35.5. The van der Waals surface area contributed by atoms with Gasteiger partial charge >= 0.3 is 0 Å². The molecule has 2 aromatic carbocycles. The lowest BCUT2D eigenvalue weighted by Gasteiger charge is -2.10. The molecule has 22 heavy (non-hydrogen) atoms. The molecule has 1 aliphatic rings. The number of benzene rings is 2. The van der Waals surface area contributed by atoms with Gasteiger partial charge in [0.2, 0.25) is 0 Å². The topological polar surface area (TPSA) is 29.1 Å². The number of hydrogen-bond acceptors (Lipinski definition) is 3. The van der Waals surface area contributed by atoms with E-state index < -0.39 is 5.82 Å². The lowest BCUT2D eigenvalue weighted by Crippen LogP contribution is -2.12. The second kappa shape index (κ2) is 6.94. The van der Waals surface area contributed by atoms with Crippen molar-refractivity contribution in [3.05, 3.63) is 64.4 Å². The summed E-state index contributed by atoms with van der Waals surface area (Å²) in [5, 5.41) is 2.88. The predicted octanol–water partition coefficient (Wildman–Crippen LogP) is 5.21. The monoisotopic (exact) mass is 353 g/mol. The van der Waals surface area contributed by atoms with Crippen LogP contribution < -0.4 is 5.32 Å². The minimum absolute atomic E-state index is 0.184. The third-order valence-electron chi connectivity index (χ3n) is 3.25. The fourth-order valence-corrected chi connectivity index (χ4v) is 5.20. The van der Waals surface area contributed by atoms with Crippen molar-refractivity contribution in [2.45, 2.75) is 4.58 Å². The summed E-state index contributed by atoms with van der Waals surface area (Å²) in [5.74, 6) is 1.65. The second-order valence-corrected chi connectivity index (χ2v) is 7.91. The fraction of sp³-hybridized carbons (Fsp3) is 0.188. The highest BCUT2D eigenvalue weighted by molar-refractivity contribution is 8.19. The van der Waals surface area contributed by atoms with Gasteiger partial charge in [0.1, 0.15) is 5.82 Å². The molecule has 2 nitrogen and oxygen atoms in total. The van der Waals surface area contributed by atoms with E-state index in [-0.39, 0.29) is 10.9 Å². The largest absolute Gasteiger partial charge is 0.321 e. The first-order valence-electron chi connectivity index (χ1n) is 6.73. The summed E-state index contributed by atoms with van der Waals surface area (Å²) in [6.45, 7) is 0. The van der Waals surface area contributed by atoms with E-state index in [9.17, 15) is 9.18 Å². The number of anilines is 1. The molecule has 1 heterocycles. The van der Waals surface area contributed by atoms with E-state index in [1.54, 1.807) is 0 Å². The summed E-state index contributed by atoms with van der Waals surface area (Å²) >= 11 is 9.76. The number of carbonyl (C=O) groups excluding carboxylic acids is 1. The van der Waals surface area contributed by atoms with Crippen LogP contribution in [0.3, 0.4) is 0 Å². The van der Waals surface area contributed by atoms with E-state index in [4.69, 9.17) is 11.6 Å². The van der Waals surface area contributed by atoms with Crippen LogP contribution >= 0.6 is 35.1 Å². The quantitative estimate of drug-likeness (QED) is 0.821. The molecule has 3 rings (SSSR count). The first-order valence-corrected chi connectivity index (χ1v) is 9.20. The first-order chi connectivity index (χ1) is 10.6. The van der Waals surface area contributed by atoms with Crippen LogP contribution in [0.4, 0.5) is 10.1 Å². The van der Waals surface area contributed by atoms with Gasteiger partial charge in [0, 0.05) is 17.1 Å². The molecule has 0 aliphatic carbocycles. The number of hydrogen-bond donors (Lipinski definition) is 1. The number of amides is 1. The van der Waals surface area contributed by atoms with Crippen molar-refractivity contribution < 1.29 is 9.18 Å². The molecule has 1 amide bonds. The van der Waals surface area contributed by atoms with Gasteiger partial charge in [-0.2, -0.15) is 0 Å².